The first-order chi connectivity index (χ1) is 17.0. The Morgan fingerprint density at radius 1 is 1.03 bits per heavy atom. The van der Waals surface area contributed by atoms with Crippen LogP contribution in [-0.2, 0) is 17.6 Å². The van der Waals surface area contributed by atoms with Crippen molar-refractivity contribution in [3.8, 4) is 11.5 Å². The van der Waals surface area contributed by atoms with Gasteiger partial charge in [0.1, 0.15) is 0 Å². The van der Waals surface area contributed by atoms with Crippen molar-refractivity contribution in [1.29, 1.82) is 0 Å². The molecule has 2 aliphatic heterocycles. The van der Waals surface area contributed by atoms with Crippen LogP contribution in [0, 0.1) is 0 Å². The normalized spacial score (nSPS) is 18.3. The second kappa shape index (κ2) is 9.62. The van der Waals surface area contributed by atoms with Gasteiger partial charge in [-0.1, -0.05) is 41.9 Å². The Kier molecular flexibility index (Phi) is 6.39. The van der Waals surface area contributed by atoms with E-state index in [0.717, 1.165) is 22.3 Å². The van der Waals surface area contributed by atoms with Crippen LogP contribution in [-0.4, -0.2) is 44.0 Å². The fraction of sp³-hybridized carbons (Fsp3) is 0.286. The minimum Gasteiger partial charge on any atom is -0.493 e. The van der Waals surface area contributed by atoms with Crippen LogP contribution in [0.15, 0.2) is 60.7 Å². The van der Waals surface area contributed by atoms with Gasteiger partial charge in [-0.2, -0.15) is 0 Å². The second-order valence-electron chi connectivity index (χ2n) is 8.83. The summed E-state index contributed by atoms with van der Waals surface area (Å²) in [6.45, 7) is 1.02. The molecule has 0 saturated heterocycles. The van der Waals surface area contributed by atoms with E-state index in [1.807, 2.05) is 65.6 Å². The molecule has 0 bridgehead atoms. The van der Waals surface area contributed by atoms with E-state index < -0.39 is 12.0 Å². The van der Waals surface area contributed by atoms with Crippen LogP contribution in [0.4, 0.5) is 0 Å². The first-order valence-corrected chi connectivity index (χ1v) is 12.1. The summed E-state index contributed by atoms with van der Waals surface area (Å²) < 4.78 is 11.1. The summed E-state index contributed by atoms with van der Waals surface area (Å²) in [5.74, 6) is 0.548. The monoisotopic (exact) mass is 490 g/mol. The van der Waals surface area contributed by atoms with Gasteiger partial charge in [0, 0.05) is 23.7 Å². The third kappa shape index (κ3) is 4.23. The van der Waals surface area contributed by atoms with Crippen LogP contribution in [0.25, 0.3) is 0 Å². The maximum atomic E-state index is 13.7. The highest BCUT2D eigenvalue weighted by Crippen LogP contribution is 2.48. The zero-order valence-electron chi connectivity index (χ0n) is 19.7. The van der Waals surface area contributed by atoms with E-state index in [1.54, 1.807) is 14.2 Å². The summed E-state index contributed by atoms with van der Waals surface area (Å²) in [5, 5.41) is 3.80. The number of hydrogen-bond acceptors (Lipinski definition) is 4. The fourth-order valence-corrected chi connectivity index (χ4v) is 5.35. The van der Waals surface area contributed by atoms with Gasteiger partial charge in [0.2, 0.25) is 5.91 Å². The van der Waals surface area contributed by atoms with Crippen LogP contribution >= 0.6 is 11.6 Å². The predicted octanol–water partition coefficient (Wildman–Crippen LogP) is 4.55. The lowest BCUT2D eigenvalue weighted by Gasteiger charge is -2.45. The minimum absolute atomic E-state index is 0.0451. The first kappa shape index (κ1) is 23.2. The molecule has 2 aliphatic rings. The van der Waals surface area contributed by atoms with Crippen molar-refractivity contribution in [2.45, 2.75) is 24.8 Å². The number of halogens is 1. The Balaban J connectivity index is 1.51. The molecule has 35 heavy (non-hydrogen) atoms. The first-order valence-electron chi connectivity index (χ1n) is 11.7. The number of carbonyl (C=O) groups excluding carboxylic acids is 2. The fourth-order valence-electron chi connectivity index (χ4n) is 5.23. The van der Waals surface area contributed by atoms with E-state index in [1.165, 1.54) is 0 Å². The van der Waals surface area contributed by atoms with Crippen molar-refractivity contribution >= 4 is 23.4 Å². The summed E-state index contributed by atoms with van der Waals surface area (Å²) in [6.07, 6.45) is 1.37. The topological polar surface area (TPSA) is 67.9 Å². The lowest BCUT2D eigenvalue weighted by molar-refractivity contribution is -0.124. The van der Waals surface area contributed by atoms with Crippen molar-refractivity contribution in [1.82, 2.24) is 10.2 Å². The smallest absolute Gasteiger partial charge is 0.254 e. The largest absolute Gasteiger partial charge is 0.493 e. The van der Waals surface area contributed by atoms with Gasteiger partial charge in [0.25, 0.3) is 5.91 Å². The number of nitrogens with one attached hydrogen (secondary N) is 1. The number of ether oxygens (including phenoxy) is 2. The highest BCUT2D eigenvalue weighted by molar-refractivity contribution is 6.30. The molecule has 0 unspecified atom stereocenters. The van der Waals surface area contributed by atoms with Crippen LogP contribution < -0.4 is 14.8 Å². The van der Waals surface area contributed by atoms with Crippen LogP contribution in [0.1, 0.15) is 44.6 Å². The summed E-state index contributed by atoms with van der Waals surface area (Å²) in [7, 11) is 3.20. The van der Waals surface area contributed by atoms with Crippen LogP contribution in [0.3, 0.4) is 0 Å². The zero-order valence-corrected chi connectivity index (χ0v) is 20.5. The minimum atomic E-state index is -0.536. The van der Waals surface area contributed by atoms with Crippen LogP contribution in [0.2, 0.25) is 5.02 Å². The summed E-state index contributed by atoms with van der Waals surface area (Å²) in [6, 6.07) is 18.5. The standard InChI is InChI=1S/C28H27ClN2O4/c1-34-23-15-18-12-14-31-26(22(18)16-24(23)35-2)25(20-5-3-4-6-21(20)28(31)33)27(32)30-13-11-17-7-9-19(29)10-8-17/h3-10,15-16,25-26H,11-14H2,1-2H3,(H,30,32)/t25-,26+/m1/s1. The molecular weight excluding hydrogens is 464 g/mol. The quantitative estimate of drug-likeness (QED) is 0.550. The molecule has 180 valence electrons. The molecule has 7 heteroatoms. The average Bonchev–Trinajstić information content (AvgIpc) is 2.89. The van der Waals surface area contributed by atoms with Crippen molar-refractivity contribution in [2.24, 2.45) is 0 Å². The van der Waals surface area contributed by atoms with Crippen molar-refractivity contribution in [3.63, 3.8) is 0 Å². The number of fused-ring (bicyclic) bond motifs is 4. The third-order valence-electron chi connectivity index (χ3n) is 6.93. The van der Waals surface area contributed by atoms with Gasteiger partial charge in [-0.25, -0.2) is 0 Å². The van der Waals surface area contributed by atoms with Gasteiger partial charge >= 0.3 is 0 Å². The molecule has 0 radical (unpaired) electrons. The van der Waals surface area contributed by atoms with Gasteiger partial charge in [0.05, 0.1) is 26.2 Å². The molecule has 3 aromatic rings. The Morgan fingerprint density at radius 3 is 2.49 bits per heavy atom. The Hall–Kier alpha value is -3.51. The Bertz CT molecular complexity index is 1270. The molecule has 2 heterocycles. The van der Waals surface area contributed by atoms with E-state index in [4.69, 9.17) is 21.1 Å². The molecule has 0 aromatic heterocycles. The van der Waals surface area contributed by atoms with Crippen molar-refractivity contribution in [2.75, 3.05) is 27.3 Å². The molecule has 2 amide bonds. The number of carbonyl (C=O) groups is 2. The number of methoxy groups -OCH3 is 2. The molecule has 0 fully saturated rings. The van der Waals surface area contributed by atoms with Gasteiger partial charge in [0.15, 0.2) is 11.5 Å². The molecular formula is C28H27ClN2O4. The second-order valence-corrected chi connectivity index (χ2v) is 9.27. The molecule has 0 aliphatic carbocycles. The summed E-state index contributed by atoms with van der Waals surface area (Å²) in [4.78, 5) is 29.0. The van der Waals surface area contributed by atoms with E-state index in [2.05, 4.69) is 5.32 Å². The molecule has 2 atom stereocenters. The Morgan fingerprint density at radius 2 is 1.74 bits per heavy atom. The number of amides is 2. The van der Waals surface area contributed by atoms with E-state index in [9.17, 15) is 9.59 Å². The maximum Gasteiger partial charge on any atom is 0.254 e. The van der Waals surface area contributed by atoms with E-state index in [-0.39, 0.29) is 11.8 Å². The average molecular weight is 491 g/mol. The number of benzene rings is 3. The van der Waals surface area contributed by atoms with E-state index >= 15 is 0 Å². The van der Waals surface area contributed by atoms with Gasteiger partial charge in [-0.3, -0.25) is 9.59 Å². The lowest BCUT2D eigenvalue weighted by Crippen LogP contribution is -2.50. The SMILES string of the molecule is COc1cc2c(cc1OC)[C@H]1[C@H](C(=O)NCCc3ccc(Cl)cc3)c3ccccc3C(=O)N1CC2. The molecule has 6 nitrogen and oxygen atoms in total. The Labute approximate surface area is 209 Å². The predicted molar refractivity (Wildman–Crippen MR) is 134 cm³/mol. The van der Waals surface area contributed by atoms with Gasteiger partial charge < -0.3 is 19.7 Å². The number of nitrogens with zero attached hydrogens (tertiary/aromatic N) is 1. The molecule has 5 rings (SSSR count). The third-order valence-corrected chi connectivity index (χ3v) is 7.19. The van der Waals surface area contributed by atoms with Gasteiger partial charge in [-0.15, -0.1) is 0 Å². The highest BCUT2D eigenvalue weighted by Gasteiger charge is 2.46. The zero-order chi connectivity index (χ0) is 24.5. The molecule has 3 aromatic carbocycles. The summed E-state index contributed by atoms with van der Waals surface area (Å²) >= 11 is 5.99. The molecule has 1 N–H and O–H groups in total. The number of hydrogen-bond donors (Lipinski definition) is 1. The molecule has 0 saturated carbocycles. The van der Waals surface area contributed by atoms with Crippen molar-refractivity contribution < 1.29 is 19.1 Å². The van der Waals surface area contributed by atoms with E-state index in [0.29, 0.717) is 48.0 Å². The van der Waals surface area contributed by atoms with Gasteiger partial charge in [-0.05, 0) is 65.4 Å². The maximum absolute atomic E-state index is 13.7. The van der Waals surface area contributed by atoms with Crippen LogP contribution in [0.5, 0.6) is 11.5 Å². The number of rotatable bonds is 6. The lowest BCUT2D eigenvalue weighted by atomic mass is 9.75. The summed E-state index contributed by atoms with van der Waals surface area (Å²) in [5.41, 5.74) is 4.43. The van der Waals surface area contributed by atoms with Crippen molar-refractivity contribution in [3.05, 3.63) is 93.5 Å². The highest BCUT2D eigenvalue weighted by atomic mass is 35.5. The molecule has 0 spiro atoms.